The molecule has 26 heavy (non-hydrogen) atoms. The summed E-state index contributed by atoms with van der Waals surface area (Å²) in [5.41, 5.74) is 2.08. The number of aryl methyl sites for hydroxylation is 1. The van der Waals surface area contributed by atoms with E-state index in [-0.39, 0.29) is 5.57 Å². The Morgan fingerprint density at radius 3 is 2.65 bits per heavy atom. The van der Waals surface area contributed by atoms with Crippen LogP contribution in [0.2, 0.25) is 0 Å². The van der Waals surface area contributed by atoms with Gasteiger partial charge >= 0.3 is 0 Å². The van der Waals surface area contributed by atoms with Gasteiger partial charge in [-0.15, -0.1) is 10.2 Å². The van der Waals surface area contributed by atoms with E-state index in [1.165, 1.54) is 23.3 Å². The first kappa shape index (κ1) is 18.1. The average molecular weight is 367 g/mol. The molecule has 1 N–H and O–H groups in total. The van der Waals surface area contributed by atoms with Gasteiger partial charge in [-0.05, 0) is 42.9 Å². The molecule has 1 aromatic heterocycles. The smallest absolute Gasteiger partial charge is 0.268 e. The number of rotatable bonds is 5. The lowest BCUT2D eigenvalue weighted by Gasteiger charge is -2.25. The highest BCUT2D eigenvalue weighted by Gasteiger charge is 2.17. The van der Waals surface area contributed by atoms with E-state index in [1.54, 1.807) is 6.08 Å². The van der Waals surface area contributed by atoms with Gasteiger partial charge in [0.15, 0.2) is 0 Å². The summed E-state index contributed by atoms with van der Waals surface area (Å²) in [4.78, 5) is 14.6. The number of benzene rings is 1. The number of nitrogens with one attached hydrogen (secondary N) is 1. The van der Waals surface area contributed by atoms with Gasteiger partial charge in [-0.1, -0.05) is 42.5 Å². The Bertz CT molecular complexity index is 828. The summed E-state index contributed by atoms with van der Waals surface area (Å²) in [6, 6.07) is 9.76. The Morgan fingerprint density at radius 2 is 2.00 bits per heavy atom. The lowest BCUT2D eigenvalue weighted by Crippen LogP contribution is -2.29. The van der Waals surface area contributed by atoms with Crippen LogP contribution in [0.4, 0.5) is 10.3 Å². The van der Waals surface area contributed by atoms with Crippen molar-refractivity contribution >= 4 is 33.6 Å². The van der Waals surface area contributed by atoms with Crippen LogP contribution >= 0.6 is 11.3 Å². The zero-order chi connectivity index (χ0) is 18.4. The maximum absolute atomic E-state index is 12.4. The van der Waals surface area contributed by atoms with Crippen LogP contribution in [0.3, 0.4) is 0 Å². The van der Waals surface area contributed by atoms with Crippen molar-refractivity contribution in [2.75, 3.05) is 23.3 Å². The second-order valence-electron chi connectivity index (χ2n) is 6.16. The molecule has 1 aromatic carbocycles. The van der Waals surface area contributed by atoms with Gasteiger partial charge in [0.2, 0.25) is 10.3 Å². The summed E-state index contributed by atoms with van der Waals surface area (Å²) < 4.78 is 0. The van der Waals surface area contributed by atoms with E-state index < -0.39 is 5.91 Å². The van der Waals surface area contributed by atoms with Crippen molar-refractivity contribution in [2.24, 2.45) is 0 Å². The maximum Gasteiger partial charge on any atom is 0.268 e. The molecule has 0 radical (unpaired) electrons. The third-order valence-electron chi connectivity index (χ3n) is 4.33. The zero-order valence-corrected chi connectivity index (χ0v) is 15.6. The third-order valence-corrected chi connectivity index (χ3v) is 5.22. The molecule has 2 aromatic rings. The minimum atomic E-state index is -0.464. The van der Waals surface area contributed by atoms with E-state index in [2.05, 4.69) is 27.3 Å². The molecule has 3 rings (SSSR count). The summed E-state index contributed by atoms with van der Waals surface area (Å²) in [5.74, 6) is -0.464. The summed E-state index contributed by atoms with van der Waals surface area (Å²) in [6.07, 6.45) is 6.08. The molecule has 1 aliphatic rings. The Kier molecular flexibility index (Phi) is 5.97. The summed E-state index contributed by atoms with van der Waals surface area (Å²) in [5, 5.41) is 21.4. The zero-order valence-electron chi connectivity index (χ0n) is 14.7. The van der Waals surface area contributed by atoms with Gasteiger partial charge in [-0.3, -0.25) is 10.1 Å². The largest absolute Gasteiger partial charge is 0.347 e. The summed E-state index contributed by atoms with van der Waals surface area (Å²) >= 11 is 1.34. The van der Waals surface area contributed by atoms with Gasteiger partial charge in [-0.25, -0.2) is 0 Å². The molecule has 0 spiro atoms. The first-order valence-electron chi connectivity index (χ1n) is 8.80. The fourth-order valence-electron chi connectivity index (χ4n) is 2.81. The second-order valence-corrected chi connectivity index (χ2v) is 7.11. The van der Waals surface area contributed by atoms with Crippen LogP contribution in [0.15, 0.2) is 29.8 Å². The third kappa shape index (κ3) is 4.46. The molecule has 1 aliphatic heterocycles. The van der Waals surface area contributed by atoms with Crippen molar-refractivity contribution in [3.05, 3.63) is 41.0 Å². The summed E-state index contributed by atoms with van der Waals surface area (Å²) in [6.45, 7) is 4.03. The molecular weight excluding hydrogens is 346 g/mol. The number of carbonyl (C=O) groups excluding carboxylic acids is 1. The van der Waals surface area contributed by atoms with Gasteiger partial charge in [0.1, 0.15) is 11.6 Å². The topological polar surface area (TPSA) is 81.9 Å². The van der Waals surface area contributed by atoms with Crippen molar-refractivity contribution in [1.29, 1.82) is 5.26 Å². The second kappa shape index (κ2) is 8.59. The molecule has 0 unspecified atom stereocenters. The molecule has 2 heterocycles. The van der Waals surface area contributed by atoms with Crippen molar-refractivity contribution in [3.63, 3.8) is 0 Å². The van der Waals surface area contributed by atoms with Gasteiger partial charge in [-0.2, -0.15) is 5.26 Å². The number of hydrogen-bond acceptors (Lipinski definition) is 6. The Balaban J connectivity index is 1.68. The van der Waals surface area contributed by atoms with Crippen molar-refractivity contribution in [2.45, 2.75) is 32.6 Å². The van der Waals surface area contributed by atoms with Crippen LogP contribution < -0.4 is 10.2 Å². The molecule has 0 bridgehead atoms. The van der Waals surface area contributed by atoms with Crippen LogP contribution in [0, 0.1) is 11.3 Å². The number of anilines is 2. The van der Waals surface area contributed by atoms with Crippen LogP contribution in [-0.2, 0) is 11.2 Å². The highest BCUT2D eigenvalue weighted by Crippen LogP contribution is 2.26. The first-order valence-corrected chi connectivity index (χ1v) is 9.62. The van der Waals surface area contributed by atoms with Crippen LogP contribution in [0.25, 0.3) is 6.08 Å². The number of carbonyl (C=O) groups is 1. The summed E-state index contributed by atoms with van der Waals surface area (Å²) in [7, 11) is 0. The predicted octanol–water partition coefficient (Wildman–Crippen LogP) is 3.64. The lowest BCUT2D eigenvalue weighted by molar-refractivity contribution is -0.112. The van der Waals surface area contributed by atoms with Crippen molar-refractivity contribution in [3.8, 4) is 6.07 Å². The number of amides is 1. The highest BCUT2D eigenvalue weighted by atomic mass is 32.1. The van der Waals surface area contributed by atoms with E-state index in [4.69, 9.17) is 0 Å². The first-order chi connectivity index (χ1) is 12.7. The van der Waals surface area contributed by atoms with Gasteiger partial charge < -0.3 is 4.90 Å². The molecular formula is C19H21N5OS. The molecule has 0 atom stereocenters. The number of nitrogens with zero attached hydrogens (tertiary/aromatic N) is 4. The van der Waals surface area contributed by atoms with E-state index in [1.807, 2.05) is 30.3 Å². The predicted molar refractivity (Wildman–Crippen MR) is 104 cm³/mol. The molecule has 0 aliphatic carbocycles. The Hall–Kier alpha value is -2.72. The fourth-order valence-corrected chi connectivity index (χ4v) is 3.60. The fraction of sp³-hybridized carbons (Fsp3) is 0.368. The molecule has 134 valence electrons. The Morgan fingerprint density at radius 1 is 1.27 bits per heavy atom. The maximum atomic E-state index is 12.4. The number of piperidine rings is 1. The molecule has 6 nitrogen and oxygen atoms in total. The molecule has 7 heteroatoms. The van der Waals surface area contributed by atoms with Gasteiger partial charge in [0, 0.05) is 13.1 Å². The van der Waals surface area contributed by atoms with Gasteiger partial charge in [0.05, 0.1) is 0 Å². The molecule has 1 amide bonds. The van der Waals surface area contributed by atoms with Crippen LogP contribution in [0.1, 0.15) is 37.3 Å². The lowest BCUT2D eigenvalue weighted by atomic mass is 10.1. The monoisotopic (exact) mass is 367 g/mol. The van der Waals surface area contributed by atoms with E-state index in [9.17, 15) is 10.1 Å². The number of nitriles is 1. The normalized spacial score (nSPS) is 14.8. The van der Waals surface area contributed by atoms with Gasteiger partial charge in [0.25, 0.3) is 5.91 Å². The van der Waals surface area contributed by atoms with Crippen LogP contribution in [0.5, 0.6) is 0 Å². The molecule has 0 saturated carbocycles. The Labute approximate surface area is 157 Å². The van der Waals surface area contributed by atoms with E-state index >= 15 is 0 Å². The number of hydrogen-bond donors (Lipinski definition) is 1. The van der Waals surface area contributed by atoms with E-state index in [0.717, 1.165) is 43.0 Å². The standard InChI is InChI=1S/C19H21N5OS/c1-2-14-6-8-15(9-7-14)12-16(13-20)17(25)21-18-22-23-19(26-18)24-10-4-3-5-11-24/h6-9,12H,2-5,10-11H2,1H3,(H,21,22,25)/b16-12-. The van der Waals surface area contributed by atoms with Crippen molar-refractivity contribution in [1.82, 2.24) is 10.2 Å². The minimum Gasteiger partial charge on any atom is -0.347 e. The van der Waals surface area contributed by atoms with Crippen molar-refractivity contribution < 1.29 is 4.79 Å². The molecule has 1 fully saturated rings. The minimum absolute atomic E-state index is 0.0453. The average Bonchev–Trinajstić information content (AvgIpc) is 3.15. The van der Waals surface area contributed by atoms with E-state index in [0.29, 0.717) is 5.13 Å². The van der Waals surface area contributed by atoms with Crippen LogP contribution in [-0.4, -0.2) is 29.2 Å². The highest BCUT2D eigenvalue weighted by molar-refractivity contribution is 7.19. The number of aromatic nitrogens is 2. The molecule has 1 saturated heterocycles. The SMILES string of the molecule is CCc1ccc(/C=C(/C#N)C(=O)Nc2nnc(N3CCCCC3)s2)cc1. The quantitative estimate of drug-likeness (QED) is 0.644.